The molecule has 2 saturated carbocycles. The minimum atomic E-state index is -6.13. The monoisotopic (exact) mass is 1370 g/mol. The number of alkyl halides is 24. The van der Waals surface area contributed by atoms with E-state index >= 15 is 0 Å². The molecule has 0 bridgehead atoms. The predicted molar refractivity (Wildman–Crippen MR) is 306 cm³/mol. The fourth-order valence-electron chi connectivity index (χ4n) is 12.8. The maximum atomic E-state index is 14.2. The maximum absolute atomic E-state index is 14.2. The molecule has 2 aromatic heterocycles. The minimum Gasteiger partial charge on any atom is -0.341 e. The second kappa shape index (κ2) is 26.3. The van der Waals surface area contributed by atoms with E-state index in [0.717, 1.165) is 31.6 Å². The van der Waals surface area contributed by atoms with Crippen molar-refractivity contribution in [3.8, 4) is 22.5 Å². The van der Waals surface area contributed by atoms with Gasteiger partial charge in [-0.15, -0.1) is 0 Å². The highest BCUT2D eigenvalue weighted by atomic mass is 19.4. The van der Waals surface area contributed by atoms with Crippen LogP contribution >= 0.6 is 0 Å². The van der Waals surface area contributed by atoms with Gasteiger partial charge in [0, 0.05) is 23.8 Å². The highest BCUT2D eigenvalue weighted by Crippen LogP contribution is 2.43. The number of halogens is 24. The van der Waals surface area contributed by atoms with Gasteiger partial charge in [0.15, 0.2) is 0 Å². The summed E-state index contributed by atoms with van der Waals surface area (Å²) in [4.78, 5) is 3.75. The van der Waals surface area contributed by atoms with Crippen molar-refractivity contribution in [2.75, 3.05) is 0 Å². The Bertz CT molecular complexity index is 3560. The van der Waals surface area contributed by atoms with Crippen LogP contribution in [0.2, 0.25) is 0 Å². The molecule has 0 amide bonds. The molecule has 4 N–H and O–H groups in total. The quantitative estimate of drug-likeness (QED) is 0.0553. The first-order valence-corrected chi connectivity index (χ1v) is 29.0. The van der Waals surface area contributed by atoms with E-state index in [9.17, 15) is 105 Å². The predicted octanol–water partition coefficient (Wildman–Crippen LogP) is 16.5. The molecule has 0 saturated heterocycles. The van der Waals surface area contributed by atoms with Crippen molar-refractivity contribution in [2.45, 2.75) is 125 Å². The maximum Gasteiger partial charge on any atom is 0.416 e. The zero-order valence-corrected chi connectivity index (χ0v) is 48.8. The van der Waals surface area contributed by atoms with Crippen molar-refractivity contribution in [3.63, 3.8) is 0 Å². The Morgan fingerprint density at radius 1 is 0.347 bits per heavy atom. The molecule has 2 aliphatic carbocycles. The third kappa shape index (κ3) is 15.9. The molecule has 508 valence electrons. The molecule has 30 heteroatoms. The number of nitrogens with zero attached hydrogens (tertiary/aromatic N) is 2. The van der Waals surface area contributed by atoms with Gasteiger partial charge in [-0.25, -0.2) is 0 Å². The number of guanidine groups is 1. The third-order valence-electron chi connectivity index (χ3n) is 17.0. The number of nitrogens with two attached hydrogens (primary N) is 1. The Morgan fingerprint density at radius 2 is 0.621 bits per heavy atom. The van der Waals surface area contributed by atoms with E-state index in [-0.39, 0.29) is 0 Å². The molecule has 0 unspecified atom stereocenters. The van der Waals surface area contributed by atoms with Crippen molar-refractivity contribution in [2.24, 2.45) is 5.73 Å². The second-order valence-corrected chi connectivity index (χ2v) is 23.2. The zero-order chi connectivity index (χ0) is 69.6. The molecule has 0 radical (unpaired) electrons. The van der Waals surface area contributed by atoms with E-state index in [1.165, 1.54) is 48.2 Å². The zero-order valence-electron chi connectivity index (χ0n) is 48.8. The summed E-state index contributed by atoms with van der Waals surface area (Å²) in [7, 11) is 0. The lowest BCUT2D eigenvalue weighted by molar-refractivity contribution is -0.518. The first-order valence-electron chi connectivity index (χ1n) is 29.0. The van der Waals surface area contributed by atoms with Crippen LogP contribution in [0, 0.1) is 0 Å². The molecule has 4 atom stereocenters. The summed E-state index contributed by atoms with van der Waals surface area (Å²) in [5, 5.41) is 3.75. The van der Waals surface area contributed by atoms with Gasteiger partial charge in [0.25, 0.3) is 0 Å². The lowest BCUT2D eigenvalue weighted by Crippen LogP contribution is -2.86. The van der Waals surface area contributed by atoms with E-state index in [1.54, 1.807) is 0 Å². The average Bonchev–Trinajstić information content (AvgIpc) is 0.865. The molecule has 0 spiro atoms. The van der Waals surface area contributed by atoms with Gasteiger partial charge in [-0.05, 0) is 98.2 Å². The number of benzene rings is 6. The average molecular weight is 1370 g/mol. The third-order valence-corrected chi connectivity index (χ3v) is 17.0. The van der Waals surface area contributed by atoms with Crippen LogP contribution in [0.3, 0.4) is 0 Å². The van der Waals surface area contributed by atoms with Gasteiger partial charge in [-0.3, -0.25) is 16.0 Å². The summed E-state index contributed by atoms with van der Waals surface area (Å²) in [6.07, 6.45) is -40.8. The fraction of sp³-hybridized carbons (Fsp3) is 0.308. The highest BCUT2D eigenvalue weighted by molar-refractivity contribution is 7.20. The van der Waals surface area contributed by atoms with Gasteiger partial charge >= 0.3 is 55.4 Å². The van der Waals surface area contributed by atoms with Gasteiger partial charge in [-0.1, -0.05) is 122 Å². The molecule has 8 aromatic rings. The van der Waals surface area contributed by atoms with Gasteiger partial charge in [0.05, 0.1) is 68.7 Å². The molecule has 2 aliphatic rings. The first kappa shape index (κ1) is 70.8. The number of hydrogen-bond acceptors (Lipinski definition) is 0. The molecule has 10 rings (SSSR count). The summed E-state index contributed by atoms with van der Waals surface area (Å²) in [5.41, 5.74) is -18.4. The van der Waals surface area contributed by atoms with Crippen molar-refractivity contribution in [1.29, 1.82) is 0 Å². The molecule has 95 heavy (non-hydrogen) atoms. The van der Waals surface area contributed by atoms with Gasteiger partial charge in [0.1, 0.15) is 6.15 Å². The van der Waals surface area contributed by atoms with Crippen LogP contribution in [-0.4, -0.2) is 33.3 Å². The SMILES string of the molecule is FC(F)(F)c1cc([B-](c2cc(C(F)(F)F)cc(C(F)(F)F)c2)(c2cc(C(F)(F)F)cc(C(F)(F)F)c2)c2cc(C(F)(F)F)cc(C(F)(F)F)c2)cc(C(F)(F)F)c1.NC(N[C@@H]1CCCC[C@H]1n1cccc1-c1ccccc1)=[NH+][C@@H]1CCCC[C@H]1n1cccc1-c1ccccc1. The number of aromatic nitrogens is 2. The summed E-state index contributed by atoms with van der Waals surface area (Å²) >= 11 is 0. The van der Waals surface area contributed by atoms with E-state index < -0.39 is 195 Å². The first-order chi connectivity index (χ1) is 44.0. The number of nitrogens with one attached hydrogen (secondary N) is 2. The Hall–Kier alpha value is -8.47. The van der Waals surface area contributed by atoms with Crippen LogP contribution in [0.1, 0.15) is 108 Å². The second-order valence-electron chi connectivity index (χ2n) is 23.2. The van der Waals surface area contributed by atoms with Crippen LogP contribution in [0.5, 0.6) is 0 Å². The van der Waals surface area contributed by atoms with Crippen LogP contribution in [0.4, 0.5) is 105 Å². The van der Waals surface area contributed by atoms with E-state index in [0.29, 0.717) is 24.2 Å². The summed E-state index contributed by atoms with van der Waals surface area (Å²) < 4.78 is 346. The van der Waals surface area contributed by atoms with Gasteiger partial charge in [-0.2, -0.15) is 127 Å². The smallest absolute Gasteiger partial charge is 0.341 e. The largest absolute Gasteiger partial charge is 0.416 e. The fourth-order valence-corrected chi connectivity index (χ4v) is 12.8. The Balaban J connectivity index is 0.000000240. The standard InChI is InChI=1S/C33H39N5.C32H12BF24/c34-33(35-27-17-7-9-19-31(27)37-23-11-21-29(37)25-13-3-1-4-14-25)36-28-18-8-10-20-32(28)38-24-12-22-30(38)26-15-5-2-6-16-26;34-25(35,36)13-1-14(26(37,38)39)6-21(5-13)33(22-7-15(27(40,41)42)2-16(8-22)28(43,44)45,23-9-17(29(46,47)48)3-18(10-23)30(49,50)51)24-11-19(31(52,53)54)4-20(12-24)32(55,56)57/h1-6,11-16,21-24,27-28,31-32H,7-10,17-20H2,(H3,34,35,36);1-12H/q;-1/p+1/t27-,28-,31-,32-;/m1./s1. The van der Waals surface area contributed by atoms with Crippen LogP contribution in [0.15, 0.2) is 170 Å². The summed E-state index contributed by atoms with van der Waals surface area (Å²) in [6, 6.07) is 22.8. The summed E-state index contributed by atoms with van der Waals surface area (Å²) in [6.45, 7) is 0. The van der Waals surface area contributed by atoms with Gasteiger partial charge in [0.2, 0.25) is 0 Å². The topological polar surface area (TPSA) is 61.9 Å². The van der Waals surface area contributed by atoms with Crippen molar-refractivity contribution in [1.82, 2.24) is 14.5 Å². The molecule has 5 nitrogen and oxygen atoms in total. The minimum absolute atomic E-state index is 0.305. The van der Waals surface area contributed by atoms with Crippen molar-refractivity contribution < 1.29 is 110 Å². The van der Waals surface area contributed by atoms with Crippen LogP contribution in [0.25, 0.3) is 22.5 Å². The van der Waals surface area contributed by atoms with Gasteiger partial charge < -0.3 is 9.13 Å². The Kier molecular flexibility index (Phi) is 19.6. The van der Waals surface area contributed by atoms with E-state index in [4.69, 9.17) is 5.73 Å². The number of hydrogen-bond donors (Lipinski definition) is 3. The molecular weight excluding hydrogens is 1320 g/mol. The lowest BCUT2D eigenvalue weighted by atomic mass is 9.12. The molecular formula is C65H52BF24N5. The molecule has 2 heterocycles. The lowest BCUT2D eigenvalue weighted by Gasteiger charge is -2.46. The number of rotatable bonds is 10. The highest BCUT2D eigenvalue weighted by Gasteiger charge is 2.48. The molecule has 6 aromatic carbocycles. The van der Waals surface area contributed by atoms with Crippen molar-refractivity contribution >= 4 is 34.0 Å². The molecule has 2 fully saturated rings. The van der Waals surface area contributed by atoms with E-state index in [2.05, 4.69) is 117 Å². The normalized spacial score (nSPS) is 18.3. The Labute approximate surface area is 525 Å². The van der Waals surface area contributed by atoms with E-state index in [1.807, 2.05) is 0 Å². The van der Waals surface area contributed by atoms with Crippen LogP contribution in [-0.2, 0) is 49.4 Å². The van der Waals surface area contributed by atoms with Crippen LogP contribution < -0.4 is 37.9 Å². The summed E-state index contributed by atoms with van der Waals surface area (Å²) in [5.74, 6) is 0.723. The molecule has 0 aliphatic heterocycles. The Morgan fingerprint density at radius 3 is 0.926 bits per heavy atom. The van der Waals surface area contributed by atoms with Crippen molar-refractivity contribution in [3.05, 3.63) is 215 Å².